The summed E-state index contributed by atoms with van der Waals surface area (Å²) in [6, 6.07) is 7.65. The standard InChI is InChI=1S/C22H24N4O2S/c27-20(12-23-22(28)19-10-14-4-1-2-7-18(14)29-19)24-15-8-9-16-17(11-15)26-21(25-16)13-5-3-6-13/h8-11,13H,1-7,12H2,(H,23,28)(H,24,27)(H,25,26). The van der Waals surface area contributed by atoms with Crippen molar-refractivity contribution in [2.75, 3.05) is 11.9 Å². The van der Waals surface area contributed by atoms with Gasteiger partial charge >= 0.3 is 0 Å². The monoisotopic (exact) mass is 408 g/mol. The van der Waals surface area contributed by atoms with E-state index in [-0.39, 0.29) is 18.4 Å². The SMILES string of the molecule is O=C(CNC(=O)c1cc2c(s1)CCCC2)Nc1ccc2nc(C3CCC3)[nH]c2c1. The molecule has 3 N–H and O–H groups in total. The zero-order valence-electron chi connectivity index (χ0n) is 16.2. The van der Waals surface area contributed by atoms with Gasteiger partial charge in [0, 0.05) is 16.5 Å². The Bertz CT molecular complexity index is 1060. The zero-order valence-corrected chi connectivity index (χ0v) is 17.0. The van der Waals surface area contributed by atoms with E-state index in [2.05, 4.69) is 20.6 Å². The van der Waals surface area contributed by atoms with Crippen LogP contribution < -0.4 is 10.6 Å². The number of aromatic nitrogens is 2. The first-order chi connectivity index (χ1) is 14.2. The highest BCUT2D eigenvalue weighted by molar-refractivity contribution is 7.14. The van der Waals surface area contributed by atoms with Crippen LogP contribution in [0.2, 0.25) is 0 Å². The van der Waals surface area contributed by atoms with Gasteiger partial charge in [0.15, 0.2) is 0 Å². The van der Waals surface area contributed by atoms with Gasteiger partial charge in [-0.15, -0.1) is 11.3 Å². The molecule has 0 bridgehead atoms. The number of amides is 2. The number of carbonyl (C=O) groups is 2. The Hall–Kier alpha value is -2.67. The third-order valence-corrected chi connectivity index (χ3v) is 7.14. The molecule has 2 aliphatic rings. The van der Waals surface area contributed by atoms with Crippen LogP contribution in [0, 0.1) is 0 Å². The lowest BCUT2D eigenvalue weighted by molar-refractivity contribution is -0.115. The highest BCUT2D eigenvalue weighted by Gasteiger charge is 2.22. The highest BCUT2D eigenvalue weighted by Crippen LogP contribution is 2.35. The number of imidazole rings is 1. The second-order valence-electron chi connectivity index (χ2n) is 7.98. The lowest BCUT2D eigenvalue weighted by atomic mass is 9.85. The number of hydrogen-bond donors (Lipinski definition) is 3. The molecule has 2 aromatic heterocycles. The second kappa shape index (κ2) is 7.63. The Morgan fingerprint density at radius 1 is 1.14 bits per heavy atom. The quantitative estimate of drug-likeness (QED) is 0.593. The van der Waals surface area contributed by atoms with E-state index >= 15 is 0 Å². The number of hydrogen-bond acceptors (Lipinski definition) is 4. The molecule has 5 rings (SSSR count). The van der Waals surface area contributed by atoms with Crippen LogP contribution in [0.15, 0.2) is 24.3 Å². The molecule has 29 heavy (non-hydrogen) atoms. The third kappa shape index (κ3) is 3.79. The van der Waals surface area contributed by atoms with Crippen molar-refractivity contribution in [1.82, 2.24) is 15.3 Å². The van der Waals surface area contributed by atoms with Crippen molar-refractivity contribution >= 4 is 39.9 Å². The topological polar surface area (TPSA) is 86.9 Å². The predicted molar refractivity (Wildman–Crippen MR) is 115 cm³/mol. The van der Waals surface area contributed by atoms with Gasteiger partial charge in [0.2, 0.25) is 5.91 Å². The maximum Gasteiger partial charge on any atom is 0.261 e. The van der Waals surface area contributed by atoms with Crippen molar-refractivity contribution < 1.29 is 9.59 Å². The molecule has 0 radical (unpaired) electrons. The molecule has 0 saturated heterocycles. The summed E-state index contributed by atoms with van der Waals surface area (Å²) < 4.78 is 0. The molecule has 2 amide bonds. The molecule has 0 spiro atoms. The van der Waals surface area contributed by atoms with E-state index in [1.165, 1.54) is 42.5 Å². The minimum absolute atomic E-state index is 0.0459. The van der Waals surface area contributed by atoms with Crippen molar-refractivity contribution in [2.24, 2.45) is 0 Å². The lowest BCUT2D eigenvalue weighted by Crippen LogP contribution is -2.32. The molecule has 0 atom stereocenters. The Kier molecular flexibility index (Phi) is 4.83. The second-order valence-corrected chi connectivity index (χ2v) is 9.12. The summed E-state index contributed by atoms with van der Waals surface area (Å²) in [4.78, 5) is 34.7. The number of nitrogens with zero attached hydrogens (tertiary/aromatic N) is 1. The van der Waals surface area contributed by atoms with Gasteiger partial charge in [-0.3, -0.25) is 9.59 Å². The Labute approximate surface area is 173 Å². The maximum atomic E-state index is 12.4. The summed E-state index contributed by atoms with van der Waals surface area (Å²) in [7, 11) is 0. The fourth-order valence-corrected chi connectivity index (χ4v) is 5.21. The van der Waals surface area contributed by atoms with Gasteiger partial charge in [0.25, 0.3) is 5.91 Å². The first kappa shape index (κ1) is 18.4. The molecule has 7 heteroatoms. The van der Waals surface area contributed by atoms with Gasteiger partial charge < -0.3 is 15.6 Å². The molecule has 1 fully saturated rings. The van der Waals surface area contributed by atoms with E-state index in [0.29, 0.717) is 16.5 Å². The number of benzene rings is 1. The zero-order chi connectivity index (χ0) is 19.8. The van der Waals surface area contributed by atoms with Crippen molar-refractivity contribution in [1.29, 1.82) is 0 Å². The fourth-order valence-electron chi connectivity index (χ4n) is 4.04. The molecular formula is C22H24N4O2S. The molecular weight excluding hydrogens is 384 g/mol. The molecule has 0 unspecified atom stereocenters. The van der Waals surface area contributed by atoms with Crippen LogP contribution >= 0.6 is 11.3 Å². The Balaban J connectivity index is 1.19. The summed E-state index contributed by atoms with van der Waals surface area (Å²) in [6.45, 7) is -0.0459. The van der Waals surface area contributed by atoms with Crippen LogP contribution in [-0.4, -0.2) is 28.3 Å². The molecule has 6 nitrogen and oxygen atoms in total. The predicted octanol–water partition coefficient (Wildman–Crippen LogP) is 4.14. The number of aryl methyl sites for hydroxylation is 2. The van der Waals surface area contributed by atoms with Gasteiger partial charge in [-0.05, 0) is 68.4 Å². The van der Waals surface area contributed by atoms with Crippen LogP contribution in [0.4, 0.5) is 5.69 Å². The van der Waals surface area contributed by atoms with Crippen LogP contribution in [0.5, 0.6) is 0 Å². The maximum absolute atomic E-state index is 12.4. The molecule has 1 saturated carbocycles. The number of thiophene rings is 1. The van der Waals surface area contributed by atoms with E-state index in [1.54, 1.807) is 11.3 Å². The average Bonchev–Trinajstić information content (AvgIpc) is 3.28. The van der Waals surface area contributed by atoms with Crippen molar-refractivity contribution in [3.8, 4) is 0 Å². The van der Waals surface area contributed by atoms with Gasteiger partial charge in [0.1, 0.15) is 5.82 Å². The first-order valence-corrected chi connectivity index (χ1v) is 11.2. The summed E-state index contributed by atoms with van der Waals surface area (Å²) in [5, 5.41) is 5.60. The lowest BCUT2D eigenvalue weighted by Gasteiger charge is -2.22. The van der Waals surface area contributed by atoms with Gasteiger partial charge in [0.05, 0.1) is 22.5 Å². The first-order valence-electron chi connectivity index (χ1n) is 10.3. The number of fused-ring (bicyclic) bond motifs is 2. The highest BCUT2D eigenvalue weighted by atomic mass is 32.1. The molecule has 2 heterocycles. The van der Waals surface area contributed by atoms with Gasteiger partial charge in [-0.2, -0.15) is 0 Å². The van der Waals surface area contributed by atoms with Crippen LogP contribution in [0.3, 0.4) is 0 Å². The fraction of sp³-hybridized carbons (Fsp3) is 0.409. The number of nitrogens with one attached hydrogen (secondary N) is 3. The van der Waals surface area contributed by atoms with E-state index in [4.69, 9.17) is 0 Å². The number of aromatic amines is 1. The molecule has 1 aromatic carbocycles. The van der Waals surface area contributed by atoms with Crippen molar-refractivity contribution in [2.45, 2.75) is 50.9 Å². The van der Waals surface area contributed by atoms with Crippen LogP contribution in [-0.2, 0) is 17.6 Å². The minimum Gasteiger partial charge on any atom is -0.342 e. The number of carbonyl (C=O) groups excluding carboxylic acids is 2. The number of anilines is 1. The minimum atomic E-state index is -0.238. The van der Waals surface area contributed by atoms with Crippen molar-refractivity contribution in [3.05, 3.63) is 45.4 Å². The van der Waals surface area contributed by atoms with Crippen LogP contribution in [0.25, 0.3) is 11.0 Å². The van der Waals surface area contributed by atoms with E-state index in [9.17, 15) is 9.59 Å². The largest absolute Gasteiger partial charge is 0.342 e. The summed E-state index contributed by atoms with van der Waals surface area (Å²) in [5.74, 6) is 1.17. The van der Waals surface area contributed by atoms with Crippen LogP contribution in [0.1, 0.15) is 64.0 Å². The smallest absolute Gasteiger partial charge is 0.261 e. The molecule has 2 aliphatic carbocycles. The third-order valence-electron chi connectivity index (χ3n) is 5.91. The summed E-state index contributed by atoms with van der Waals surface area (Å²) in [5.41, 5.74) is 3.84. The summed E-state index contributed by atoms with van der Waals surface area (Å²) in [6.07, 6.45) is 8.15. The van der Waals surface area contributed by atoms with E-state index in [0.717, 1.165) is 29.7 Å². The average molecular weight is 409 g/mol. The Morgan fingerprint density at radius 3 is 2.79 bits per heavy atom. The normalized spacial score (nSPS) is 16.3. The Morgan fingerprint density at radius 2 is 2.00 bits per heavy atom. The number of H-pyrrole nitrogens is 1. The van der Waals surface area contributed by atoms with E-state index < -0.39 is 0 Å². The van der Waals surface area contributed by atoms with Gasteiger partial charge in [-0.1, -0.05) is 6.42 Å². The molecule has 0 aliphatic heterocycles. The van der Waals surface area contributed by atoms with E-state index in [1.807, 2.05) is 24.3 Å². The molecule has 3 aromatic rings. The van der Waals surface area contributed by atoms with Gasteiger partial charge in [-0.25, -0.2) is 4.98 Å². The van der Waals surface area contributed by atoms with Crippen molar-refractivity contribution in [3.63, 3.8) is 0 Å². The summed E-state index contributed by atoms with van der Waals surface area (Å²) >= 11 is 1.56. The number of rotatable bonds is 5. The molecule has 150 valence electrons.